The van der Waals surface area contributed by atoms with Gasteiger partial charge in [0.15, 0.2) is 0 Å². The molecule has 2 heterocycles. The average Bonchev–Trinajstić information content (AvgIpc) is 4.03. The Kier molecular flexibility index (Phi) is 5.99. The quantitative estimate of drug-likeness (QED) is 0.176. The summed E-state index contributed by atoms with van der Waals surface area (Å²) in [4.78, 5) is 0. The lowest BCUT2D eigenvalue weighted by molar-refractivity contribution is 0.669. The normalized spacial score (nSPS) is 13.6. The monoisotopic (exact) mass is 748 g/mol. The standard InChI is InChI=1S/C57H32O2/c1-3-19-35-33(15-1)17-13-25-37(35)43-31-48-54(56-51(43)41-23-7-11-29-49(41)59-56)53-47(57(48)45-27-9-5-21-39(45)40-22-6-10-28-46(40)57)32-44(38-26-14-18-34-16-2-4-20-36(34)38)55-52(53)42-24-8-12-30-50(42)58-55/h1-32H. The van der Waals surface area contributed by atoms with Gasteiger partial charge in [-0.25, -0.2) is 0 Å². The third-order valence-corrected chi connectivity index (χ3v) is 13.5. The van der Waals surface area contributed by atoms with Crippen molar-refractivity contribution in [3.63, 3.8) is 0 Å². The second-order valence-corrected chi connectivity index (χ2v) is 16.2. The van der Waals surface area contributed by atoms with Gasteiger partial charge in [-0.3, -0.25) is 0 Å². The van der Waals surface area contributed by atoms with Crippen LogP contribution in [0, 0.1) is 0 Å². The maximum absolute atomic E-state index is 7.28. The van der Waals surface area contributed by atoms with E-state index < -0.39 is 5.41 Å². The molecular formula is C57H32O2. The minimum absolute atomic E-state index is 0.656. The van der Waals surface area contributed by atoms with Crippen molar-refractivity contribution in [2.45, 2.75) is 5.41 Å². The first kappa shape index (κ1) is 31.4. The highest BCUT2D eigenvalue weighted by Gasteiger charge is 2.54. The Bertz CT molecular complexity index is 3740. The van der Waals surface area contributed by atoms with Crippen molar-refractivity contribution in [2.24, 2.45) is 0 Å². The Morgan fingerprint density at radius 3 is 1.37 bits per heavy atom. The van der Waals surface area contributed by atoms with Gasteiger partial charge in [-0.15, -0.1) is 0 Å². The molecule has 0 unspecified atom stereocenters. The van der Waals surface area contributed by atoms with Crippen LogP contribution < -0.4 is 0 Å². The molecule has 0 radical (unpaired) electrons. The number of para-hydroxylation sites is 2. The van der Waals surface area contributed by atoms with E-state index in [0.29, 0.717) is 0 Å². The van der Waals surface area contributed by atoms with Crippen LogP contribution in [-0.4, -0.2) is 0 Å². The summed E-state index contributed by atoms with van der Waals surface area (Å²) in [6.07, 6.45) is 0. The molecule has 0 fully saturated rings. The first-order chi connectivity index (χ1) is 29.3. The predicted molar refractivity (Wildman–Crippen MR) is 243 cm³/mol. The number of fused-ring (bicyclic) bond motifs is 20. The van der Waals surface area contributed by atoms with Gasteiger partial charge in [0.25, 0.3) is 0 Å². The van der Waals surface area contributed by atoms with Crippen molar-refractivity contribution in [1.29, 1.82) is 0 Å². The molecule has 2 heteroatoms. The van der Waals surface area contributed by atoms with Crippen LogP contribution >= 0.6 is 0 Å². The molecule has 2 aromatic heterocycles. The Balaban J connectivity index is 1.26. The second-order valence-electron chi connectivity index (χ2n) is 16.2. The Morgan fingerprint density at radius 1 is 0.288 bits per heavy atom. The highest BCUT2D eigenvalue weighted by Crippen LogP contribution is 2.67. The molecule has 0 saturated carbocycles. The van der Waals surface area contributed by atoms with Crippen LogP contribution in [0.4, 0.5) is 0 Å². The van der Waals surface area contributed by atoms with Gasteiger partial charge in [0, 0.05) is 38.2 Å². The van der Waals surface area contributed by atoms with Gasteiger partial charge >= 0.3 is 0 Å². The van der Waals surface area contributed by atoms with E-state index in [1.807, 2.05) is 0 Å². The largest absolute Gasteiger partial charge is 0.455 e. The van der Waals surface area contributed by atoms with Gasteiger partial charge in [0.05, 0.1) is 5.41 Å². The van der Waals surface area contributed by atoms with Crippen LogP contribution in [0.2, 0.25) is 0 Å². The third-order valence-electron chi connectivity index (χ3n) is 13.5. The number of hydrogen-bond donors (Lipinski definition) is 0. The highest BCUT2D eigenvalue weighted by atomic mass is 16.3. The molecule has 0 N–H and O–H groups in total. The molecule has 272 valence electrons. The molecule has 2 aliphatic carbocycles. The lowest BCUT2D eigenvalue weighted by Crippen LogP contribution is -2.26. The molecule has 1 spiro atoms. The average molecular weight is 749 g/mol. The second kappa shape index (κ2) is 11.2. The van der Waals surface area contributed by atoms with Crippen LogP contribution in [0.5, 0.6) is 0 Å². The fraction of sp³-hybridized carbons (Fsp3) is 0.0175. The lowest BCUT2D eigenvalue weighted by atomic mass is 9.69. The summed E-state index contributed by atoms with van der Waals surface area (Å²) >= 11 is 0. The van der Waals surface area contributed by atoms with Crippen LogP contribution in [0.15, 0.2) is 203 Å². The van der Waals surface area contributed by atoms with E-state index in [0.717, 1.165) is 60.6 Å². The van der Waals surface area contributed by atoms with Crippen LogP contribution in [0.1, 0.15) is 22.3 Å². The predicted octanol–water partition coefficient (Wildman–Crippen LogP) is 15.5. The van der Waals surface area contributed by atoms with Crippen LogP contribution in [-0.2, 0) is 5.41 Å². The van der Waals surface area contributed by atoms with Crippen molar-refractivity contribution in [3.05, 3.63) is 216 Å². The van der Waals surface area contributed by atoms with E-state index in [1.54, 1.807) is 0 Å². The molecular weight excluding hydrogens is 717 g/mol. The summed E-state index contributed by atoms with van der Waals surface area (Å²) in [6, 6.07) is 71.1. The molecule has 0 bridgehead atoms. The molecule has 0 atom stereocenters. The summed E-state index contributed by atoms with van der Waals surface area (Å²) < 4.78 is 14.4. The zero-order chi connectivity index (χ0) is 38.4. The molecule has 2 nitrogen and oxygen atoms in total. The summed E-state index contributed by atoms with van der Waals surface area (Å²) in [5.41, 5.74) is 17.5. The molecule has 0 aliphatic heterocycles. The lowest BCUT2D eigenvalue weighted by Gasteiger charge is -2.31. The van der Waals surface area contributed by atoms with Crippen molar-refractivity contribution in [1.82, 2.24) is 0 Å². The maximum Gasteiger partial charge on any atom is 0.144 e. The van der Waals surface area contributed by atoms with Crippen molar-refractivity contribution >= 4 is 65.4 Å². The van der Waals surface area contributed by atoms with E-state index in [4.69, 9.17) is 8.83 Å². The van der Waals surface area contributed by atoms with Gasteiger partial charge in [0.1, 0.15) is 22.3 Å². The number of benzene rings is 10. The van der Waals surface area contributed by atoms with E-state index >= 15 is 0 Å². The van der Waals surface area contributed by atoms with E-state index in [1.165, 1.54) is 71.6 Å². The molecule has 0 saturated heterocycles. The zero-order valence-corrected chi connectivity index (χ0v) is 31.8. The summed E-state index contributed by atoms with van der Waals surface area (Å²) in [5.74, 6) is 0. The molecule has 10 aromatic carbocycles. The first-order valence-corrected chi connectivity index (χ1v) is 20.4. The summed E-state index contributed by atoms with van der Waals surface area (Å²) in [6.45, 7) is 0. The number of furan rings is 2. The zero-order valence-electron chi connectivity index (χ0n) is 31.8. The Morgan fingerprint density at radius 2 is 0.729 bits per heavy atom. The van der Waals surface area contributed by atoms with E-state index in [2.05, 4.69) is 194 Å². The smallest absolute Gasteiger partial charge is 0.144 e. The number of hydrogen-bond acceptors (Lipinski definition) is 2. The molecule has 14 rings (SSSR count). The van der Waals surface area contributed by atoms with Crippen LogP contribution in [0.3, 0.4) is 0 Å². The summed E-state index contributed by atoms with van der Waals surface area (Å²) in [7, 11) is 0. The van der Waals surface area contributed by atoms with Gasteiger partial charge in [-0.05, 0) is 95.9 Å². The van der Waals surface area contributed by atoms with Crippen molar-refractivity contribution < 1.29 is 8.83 Å². The fourth-order valence-electron chi connectivity index (χ4n) is 11.2. The minimum Gasteiger partial charge on any atom is -0.455 e. The Labute approximate surface area is 339 Å². The molecule has 0 amide bonds. The van der Waals surface area contributed by atoms with Crippen molar-refractivity contribution in [3.8, 4) is 44.5 Å². The first-order valence-electron chi connectivity index (χ1n) is 20.4. The summed E-state index contributed by atoms with van der Waals surface area (Å²) in [5, 5.41) is 9.32. The van der Waals surface area contributed by atoms with Crippen LogP contribution in [0.25, 0.3) is 110 Å². The minimum atomic E-state index is -0.656. The van der Waals surface area contributed by atoms with Crippen molar-refractivity contribution in [2.75, 3.05) is 0 Å². The van der Waals surface area contributed by atoms with E-state index in [9.17, 15) is 0 Å². The Hall–Kier alpha value is -7.68. The SMILES string of the molecule is c1ccc2c(c1)-c1ccccc1C21c2cc(-c3cccc4ccccc34)c3c(oc4ccccc43)c2-c2c1cc(-c1cccc3ccccc13)c1oc3ccccc3c21. The van der Waals surface area contributed by atoms with E-state index in [-0.39, 0.29) is 0 Å². The fourth-order valence-corrected chi connectivity index (χ4v) is 11.2. The van der Waals surface area contributed by atoms with Gasteiger partial charge in [-0.1, -0.05) is 170 Å². The topological polar surface area (TPSA) is 26.3 Å². The number of rotatable bonds is 2. The van der Waals surface area contributed by atoms with Gasteiger partial charge in [0.2, 0.25) is 0 Å². The maximum atomic E-state index is 7.28. The van der Waals surface area contributed by atoms with Gasteiger partial charge in [-0.2, -0.15) is 0 Å². The van der Waals surface area contributed by atoms with Gasteiger partial charge < -0.3 is 8.83 Å². The molecule has 59 heavy (non-hydrogen) atoms. The molecule has 2 aliphatic rings. The third kappa shape index (κ3) is 3.87. The molecule has 12 aromatic rings. The highest BCUT2D eigenvalue weighted by molar-refractivity contribution is 6.27.